The predicted octanol–water partition coefficient (Wildman–Crippen LogP) is 3.02. The fourth-order valence-electron chi connectivity index (χ4n) is 2.02. The van der Waals surface area contributed by atoms with Crippen LogP contribution in [0, 0.1) is 0 Å². The van der Waals surface area contributed by atoms with Crippen LogP contribution in [-0.2, 0) is 6.42 Å². The average molecular weight is 318 g/mol. The lowest BCUT2D eigenvalue weighted by Gasteiger charge is -2.10. The van der Waals surface area contributed by atoms with Crippen LogP contribution in [0.5, 0.6) is 5.75 Å². The van der Waals surface area contributed by atoms with E-state index in [0.29, 0.717) is 40.2 Å². The molecule has 0 fully saturated rings. The molecule has 2 aromatic rings. The molecule has 98 valence electrons. The van der Waals surface area contributed by atoms with E-state index in [2.05, 4.69) is 15.0 Å². The topological polar surface area (TPSA) is 73.9 Å². The van der Waals surface area contributed by atoms with E-state index in [0.717, 1.165) is 5.56 Å². The number of hydrogen-bond acceptors (Lipinski definition) is 5. The van der Waals surface area contributed by atoms with Gasteiger partial charge in [-0.25, -0.2) is 0 Å². The molecule has 5 nitrogen and oxygen atoms in total. The van der Waals surface area contributed by atoms with Crippen LogP contribution in [0.3, 0.4) is 0 Å². The van der Waals surface area contributed by atoms with Crippen LogP contribution in [0.4, 0.5) is 5.95 Å². The Hall–Kier alpha value is -1.30. The number of nitrogen functional groups attached to an aromatic ring is 1. The first-order valence-corrected chi connectivity index (χ1v) is 6.50. The van der Waals surface area contributed by atoms with Crippen LogP contribution in [0.25, 0.3) is 11.4 Å². The first kappa shape index (κ1) is 12.7. The number of benzene rings is 1. The average Bonchev–Trinajstić information content (AvgIpc) is 2.76. The molecular weight excluding hydrogens is 311 g/mol. The molecule has 1 aromatic carbocycles. The molecule has 0 saturated carbocycles. The Balaban J connectivity index is 2.28. The molecule has 0 radical (unpaired) electrons. The SMILES string of the molecule is Nc1nc(Cl)nc(-c2c(Cl)cc(Cl)c3c2CCO3)n1. The third kappa shape index (κ3) is 2.18. The third-order valence-corrected chi connectivity index (χ3v) is 3.48. The van der Waals surface area contributed by atoms with Crippen molar-refractivity contribution >= 4 is 40.8 Å². The van der Waals surface area contributed by atoms with E-state index in [9.17, 15) is 0 Å². The molecule has 0 aliphatic carbocycles. The molecule has 1 aromatic heterocycles. The van der Waals surface area contributed by atoms with Gasteiger partial charge in [0.1, 0.15) is 5.75 Å². The minimum atomic E-state index is 0.0150. The van der Waals surface area contributed by atoms with Crippen molar-refractivity contribution in [1.29, 1.82) is 0 Å². The van der Waals surface area contributed by atoms with Crippen molar-refractivity contribution < 1.29 is 4.74 Å². The summed E-state index contributed by atoms with van der Waals surface area (Å²) < 4.78 is 5.48. The maximum atomic E-state index is 6.23. The highest BCUT2D eigenvalue weighted by Gasteiger charge is 2.25. The molecule has 0 saturated heterocycles. The quantitative estimate of drug-likeness (QED) is 0.875. The van der Waals surface area contributed by atoms with Gasteiger partial charge in [0.25, 0.3) is 0 Å². The Morgan fingerprint density at radius 1 is 1.11 bits per heavy atom. The lowest BCUT2D eigenvalue weighted by Crippen LogP contribution is -2.01. The molecular formula is C11H7Cl3N4O. The third-order valence-electron chi connectivity index (χ3n) is 2.73. The zero-order valence-electron chi connectivity index (χ0n) is 9.45. The lowest BCUT2D eigenvalue weighted by atomic mass is 10.0. The molecule has 8 heteroatoms. The zero-order valence-corrected chi connectivity index (χ0v) is 11.7. The van der Waals surface area contributed by atoms with E-state index < -0.39 is 0 Å². The first-order valence-electron chi connectivity index (χ1n) is 5.37. The Kier molecular flexibility index (Phi) is 3.12. The van der Waals surface area contributed by atoms with E-state index in [1.54, 1.807) is 6.07 Å². The van der Waals surface area contributed by atoms with E-state index in [1.807, 2.05) is 0 Å². The van der Waals surface area contributed by atoms with Crippen molar-refractivity contribution in [3.8, 4) is 17.1 Å². The van der Waals surface area contributed by atoms with Gasteiger partial charge in [-0.1, -0.05) is 23.2 Å². The van der Waals surface area contributed by atoms with Gasteiger partial charge >= 0.3 is 0 Å². The minimum Gasteiger partial charge on any atom is -0.491 e. The molecule has 0 amide bonds. The zero-order chi connectivity index (χ0) is 13.6. The number of halogens is 3. The van der Waals surface area contributed by atoms with Crippen molar-refractivity contribution in [2.24, 2.45) is 0 Å². The molecule has 2 heterocycles. The number of ether oxygens (including phenoxy) is 1. The van der Waals surface area contributed by atoms with Crippen LogP contribution in [0.15, 0.2) is 6.07 Å². The van der Waals surface area contributed by atoms with Gasteiger partial charge in [0.05, 0.1) is 16.7 Å². The van der Waals surface area contributed by atoms with Crippen LogP contribution in [0.1, 0.15) is 5.56 Å². The predicted molar refractivity (Wildman–Crippen MR) is 73.9 cm³/mol. The highest BCUT2D eigenvalue weighted by Crippen LogP contribution is 2.43. The smallest absolute Gasteiger partial charge is 0.227 e. The molecule has 0 spiro atoms. The van der Waals surface area contributed by atoms with Crippen LogP contribution >= 0.6 is 34.8 Å². The maximum absolute atomic E-state index is 6.23. The molecule has 0 bridgehead atoms. The van der Waals surface area contributed by atoms with Gasteiger partial charge in [-0.3, -0.25) is 0 Å². The van der Waals surface area contributed by atoms with Crippen molar-refractivity contribution in [1.82, 2.24) is 15.0 Å². The second-order valence-corrected chi connectivity index (χ2v) is 5.06. The second kappa shape index (κ2) is 4.67. The summed E-state index contributed by atoms with van der Waals surface area (Å²) in [6.45, 7) is 0.538. The van der Waals surface area contributed by atoms with Crippen LogP contribution in [-0.4, -0.2) is 21.6 Å². The van der Waals surface area contributed by atoms with Crippen molar-refractivity contribution in [3.63, 3.8) is 0 Å². The standard InChI is InChI=1S/C11H7Cl3N4O/c12-5-3-6(13)8-4(1-2-19-8)7(5)9-16-10(14)18-11(15)17-9/h3H,1-2H2,(H2,15,16,17,18). The van der Waals surface area contributed by atoms with Crippen molar-refractivity contribution in [2.45, 2.75) is 6.42 Å². The number of fused-ring (bicyclic) bond motifs is 1. The summed E-state index contributed by atoms with van der Waals surface area (Å²) in [5, 5.41) is 0.909. The molecule has 1 aliphatic heterocycles. The number of rotatable bonds is 1. The minimum absolute atomic E-state index is 0.0150. The summed E-state index contributed by atoms with van der Waals surface area (Å²) in [5.74, 6) is 0.964. The normalized spacial score (nSPS) is 13.2. The molecule has 2 N–H and O–H groups in total. The molecule has 19 heavy (non-hydrogen) atoms. The fraction of sp³-hybridized carbons (Fsp3) is 0.182. The van der Waals surface area contributed by atoms with Crippen LogP contribution < -0.4 is 10.5 Å². The molecule has 0 unspecified atom stereocenters. The van der Waals surface area contributed by atoms with E-state index in [4.69, 9.17) is 45.3 Å². The number of anilines is 1. The monoisotopic (exact) mass is 316 g/mol. The lowest BCUT2D eigenvalue weighted by molar-refractivity contribution is 0.357. The van der Waals surface area contributed by atoms with E-state index in [-0.39, 0.29) is 11.2 Å². The molecule has 3 rings (SSSR count). The summed E-state index contributed by atoms with van der Waals surface area (Å²) in [7, 11) is 0. The Bertz CT molecular complexity index is 657. The first-order chi connectivity index (χ1) is 9.06. The van der Waals surface area contributed by atoms with Gasteiger partial charge in [0.2, 0.25) is 11.2 Å². The number of nitrogens with zero attached hydrogens (tertiary/aromatic N) is 3. The van der Waals surface area contributed by atoms with Crippen molar-refractivity contribution in [2.75, 3.05) is 12.3 Å². The number of hydrogen-bond donors (Lipinski definition) is 1. The Morgan fingerprint density at radius 3 is 2.63 bits per heavy atom. The highest BCUT2D eigenvalue weighted by molar-refractivity contribution is 6.37. The van der Waals surface area contributed by atoms with E-state index in [1.165, 1.54) is 0 Å². The van der Waals surface area contributed by atoms with Gasteiger partial charge in [-0.05, 0) is 17.7 Å². The van der Waals surface area contributed by atoms with Gasteiger partial charge in [-0.2, -0.15) is 15.0 Å². The van der Waals surface area contributed by atoms with Gasteiger partial charge < -0.3 is 10.5 Å². The number of nitrogens with two attached hydrogens (primary N) is 1. The number of aromatic nitrogens is 3. The summed E-state index contributed by atoms with van der Waals surface area (Å²) in [4.78, 5) is 11.8. The fourth-order valence-corrected chi connectivity index (χ4v) is 2.83. The van der Waals surface area contributed by atoms with Crippen molar-refractivity contribution in [3.05, 3.63) is 27.0 Å². The Morgan fingerprint density at radius 2 is 1.89 bits per heavy atom. The molecule has 0 atom stereocenters. The summed E-state index contributed by atoms with van der Waals surface area (Å²) in [5.41, 5.74) is 7.07. The highest BCUT2D eigenvalue weighted by atomic mass is 35.5. The summed E-state index contributed by atoms with van der Waals surface area (Å²) >= 11 is 18.1. The largest absolute Gasteiger partial charge is 0.491 e. The van der Waals surface area contributed by atoms with Gasteiger partial charge in [0.15, 0.2) is 5.82 Å². The van der Waals surface area contributed by atoms with Gasteiger partial charge in [-0.15, -0.1) is 0 Å². The summed E-state index contributed by atoms with van der Waals surface area (Å²) in [6.07, 6.45) is 0.675. The Labute approximate surface area is 123 Å². The second-order valence-electron chi connectivity index (χ2n) is 3.91. The summed E-state index contributed by atoms with van der Waals surface area (Å²) in [6, 6.07) is 1.59. The van der Waals surface area contributed by atoms with E-state index >= 15 is 0 Å². The molecule has 1 aliphatic rings. The maximum Gasteiger partial charge on any atom is 0.227 e. The van der Waals surface area contributed by atoms with Gasteiger partial charge in [0, 0.05) is 17.5 Å². The van der Waals surface area contributed by atoms with Crippen LogP contribution in [0.2, 0.25) is 15.3 Å².